The predicted octanol–water partition coefficient (Wildman–Crippen LogP) is 5.14. The van der Waals surface area contributed by atoms with Gasteiger partial charge in [-0.15, -0.1) is 0 Å². The van der Waals surface area contributed by atoms with Gasteiger partial charge in [-0.3, -0.25) is 0 Å². The van der Waals surface area contributed by atoms with Crippen LogP contribution in [0.2, 0.25) is 10.0 Å². The smallest absolute Gasteiger partial charge is 0.407 e. The van der Waals surface area contributed by atoms with Gasteiger partial charge in [0.1, 0.15) is 0 Å². The number of rotatable bonds is 4. The predicted molar refractivity (Wildman–Crippen MR) is 102 cm³/mol. The number of carbonyl (C=O) groups is 1. The van der Waals surface area contributed by atoms with Crippen LogP contribution in [0.5, 0.6) is 0 Å². The van der Waals surface area contributed by atoms with Crippen LogP contribution in [-0.2, 0) is 6.54 Å². The number of halogens is 2. The van der Waals surface area contributed by atoms with Crippen molar-refractivity contribution in [3.8, 4) is 0 Å². The van der Waals surface area contributed by atoms with Gasteiger partial charge < -0.3 is 14.9 Å². The van der Waals surface area contributed by atoms with E-state index < -0.39 is 6.09 Å². The fourth-order valence-corrected chi connectivity index (χ4v) is 3.57. The average molecular weight is 379 g/mol. The first-order chi connectivity index (χ1) is 12.0. The molecule has 4 nitrogen and oxygen atoms in total. The van der Waals surface area contributed by atoms with Crippen LogP contribution in [0, 0.1) is 0 Å². The SMILES string of the molecule is O=C(O)N1CCC(N(Cc2ccc(Cl)c(Cl)c2)c2ccccc2)CC1. The van der Waals surface area contributed by atoms with Gasteiger partial charge in [0.15, 0.2) is 0 Å². The Morgan fingerprint density at radius 1 is 1.08 bits per heavy atom. The minimum absolute atomic E-state index is 0.285. The molecular weight excluding hydrogens is 359 g/mol. The lowest BCUT2D eigenvalue weighted by molar-refractivity contribution is 0.131. The molecule has 1 heterocycles. The fourth-order valence-electron chi connectivity index (χ4n) is 3.25. The number of amides is 1. The van der Waals surface area contributed by atoms with Gasteiger partial charge >= 0.3 is 6.09 Å². The largest absolute Gasteiger partial charge is 0.465 e. The number of para-hydroxylation sites is 1. The highest BCUT2D eigenvalue weighted by molar-refractivity contribution is 6.42. The van der Waals surface area contributed by atoms with E-state index in [0.29, 0.717) is 29.7 Å². The fraction of sp³-hybridized carbons (Fsp3) is 0.316. The minimum Gasteiger partial charge on any atom is -0.465 e. The Labute approximate surface area is 157 Å². The third kappa shape index (κ3) is 4.39. The van der Waals surface area contributed by atoms with Crippen LogP contribution >= 0.6 is 23.2 Å². The van der Waals surface area contributed by atoms with Crippen molar-refractivity contribution < 1.29 is 9.90 Å². The molecule has 1 saturated heterocycles. The highest BCUT2D eigenvalue weighted by atomic mass is 35.5. The summed E-state index contributed by atoms with van der Waals surface area (Å²) in [5, 5.41) is 10.3. The van der Waals surface area contributed by atoms with E-state index in [9.17, 15) is 4.79 Å². The van der Waals surface area contributed by atoms with Crippen LogP contribution in [0.4, 0.5) is 10.5 Å². The van der Waals surface area contributed by atoms with Crippen molar-refractivity contribution in [2.45, 2.75) is 25.4 Å². The maximum absolute atomic E-state index is 11.1. The van der Waals surface area contributed by atoms with Gasteiger partial charge in [-0.25, -0.2) is 4.79 Å². The van der Waals surface area contributed by atoms with Crippen LogP contribution in [0.3, 0.4) is 0 Å². The summed E-state index contributed by atoms with van der Waals surface area (Å²) in [6.07, 6.45) is 0.777. The number of piperidine rings is 1. The summed E-state index contributed by atoms with van der Waals surface area (Å²) in [7, 11) is 0. The van der Waals surface area contributed by atoms with E-state index in [-0.39, 0.29) is 6.04 Å². The molecule has 2 aromatic rings. The van der Waals surface area contributed by atoms with Crippen LogP contribution < -0.4 is 4.90 Å². The number of carboxylic acid groups (broad SMARTS) is 1. The molecule has 0 atom stereocenters. The topological polar surface area (TPSA) is 43.8 Å². The van der Waals surface area contributed by atoms with Crippen LogP contribution in [0.15, 0.2) is 48.5 Å². The Balaban J connectivity index is 1.81. The molecule has 0 saturated carbocycles. The van der Waals surface area contributed by atoms with E-state index in [1.165, 1.54) is 4.90 Å². The molecule has 0 radical (unpaired) electrons. The Morgan fingerprint density at radius 3 is 2.36 bits per heavy atom. The molecule has 1 aliphatic heterocycles. The number of likely N-dealkylation sites (tertiary alicyclic amines) is 1. The first-order valence-corrected chi connectivity index (χ1v) is 9.03. The highest BCUT2D eigenvalue weighted by Crippen LogP contribution is 2.28. The average Bonchev–Trinajstić information content (AvgIpc) is 2.63. The number of anilines is 1. The first-order valence-electron chi connectivity index (χ1n) is 8.28. The molecule has 2 aromatic carbocycles. The Morgan fingerprint density at radius 2 is 1.76 bits per heavy atom. The summed E-state index contributed by atoms with van der Waals surface area (Å²) in [6, 6.07) is 16.2. The molecule has 0 bridgehead atoms. The molecule has 0 aliphatic carbocycles. The summed E-state index contributed by atoms with van der Waals surface area (Å²) in [5.74, 6) is 0. The third-order valence-corrected chi connectivity index (χ3v) is 5.34. The lowest BCUT2D eigenvalue weighted by atomic mass is 10.0. The third-order valence-electron chi connectivity index (χ3n) is 4.60. The van der Waals surface area contributed by atoms with Crippen LogP contribution in [0.1, 0.15) is 18.4 Å². The molecular formula is C19H20Cl2N2O2. The van der Waals surface area contributed by atoms with Gasteiger partial charge in [-0.1, -0.05) is 47.5 Å². The van der Waals surface area contributed by atoms with Crippen molar-refractivity contribution in [1.82, 2.24) is 4.90 Å². The van der Waals surface area contributed by atoms with Crippen molar-refractivity contribution in [3.63, 3.8) is 0 Å². The molecule has 0 spiro atoms. The van der Waals surface area contributed by atoms with Crippen molar-refractivity contribution in [1.29, 1.82) is 0 Å². The molecule has 1 fully saturated rings. The Bertz CT molecular complexity index is 731. The highest BCUT2D eigenvalue weighted by Gasteiger charge is 2.27. The second-order valence-electron chi connectivity index (χ2n) is 6.21. The second kappa shape index (κ2) is 7.98. The molecule has 1 N–H and O–H groups in total. The van der Waals surface area contributed by atoms with Crippen molar-refractivity contribution in [2.75, 3.05) is 18.0 Å². The summed E-state index contributed by atoms with van der Waals surface area (Å²) in [6.45, 7) is 1.83. The lowest BCUT2D eigenvalue weighted by Crippen LogP contribution is -2.46. The van der Waals surface area contributed by atoms with E-state index in [4.69, 9.17) is 28.3 Å². The zero-order valence-electron chi connectivity index (χ0n) is 13.7. The van der Waals surface area contributed by atoms with Crippen LogP contribution in [-0.4, -0.2) is 35.2 Å². The molecule has 0 unspecified atom stereocenters. The monoisotopic (exact) mass is 378 g/mol. The van der Waals surface area contributed by atoms with Gasteiger partial charge in [0.25, 0.3) is 0 Å². The molecule has 132 valence electrons. The zero-order valence-corrected chi connectivity index (χ0v) is 15.2. The van der Waals surface area contributed by atoms with Gasteiger partial charge in [0, 0.05) is 31.4 Å². The van der Waals surface area contributed by atoms with Crippen molar-refractivity contribution >= 4 is 35.0 Å². The molecule has 25 heavy (non-hydrogen) atoms. The normalized spacial score (nSPS) is 15.2. The molecule has 1 aliphatic rings. The number of hydrogen-bond acceptors (Lipinski definition) is 2. The van der Waals surface area contributed by atoms with E-state index in [1.807, 2.05) is 36.4 Å². The summed E-state index contributed by atoms with van der Waals surface area (Å²) in [4.78, 5) is 15.0. The minimum atomic E-state index is -0.839. The van der Waals surface area contributed by atoms with Gasteiger partial charge in [-0.05, 0) is 42.7 Å². The van der Waals surface area contributed by atoms with E-state index in [2.05, 4.69) is 17.0 Å². The van der Waals surface area contributed by atoms with E-state index >= 15 is 0 Å². The zero-order chi connectivity index (χ0) is 17.8. The maximum atomic E-state index is 11.1. The molecule has 6 heteroatoms. The number of nitrogens with zero attached hydrogens (tertiary/aromatic N) is 2. The summed E-state index contributed by atoms with van der Waals surface area (Å²) >= 11 is 12.2. The van der Waals surface area contributed by atoms with Crippen molar-refractivity contribution in [3.05, 3.63) is 64.1 Å². The molecule has 3 rings (SSSR count). The number of benzene rings is 2. The first kappa shape index (κ1) is 17.9. The second-order valence-corrected chi connectivity index (χ2v) is 7.03. The standard InChI is InChI=1S/C19H20Cl2N2O2/c20-17-7-6-14(12-18(17)21)13-23(15-4-2-1-3-5-15)16-8-10-22(11-9-16)19(24)25/h1-7,12,16H,8-11,13H2,(H,24,25). The number of hydrogen-bond donors (Lipinski definition) is 1. The molecule has 1 amide bonds. The van der Waals surface area contributed by atoms with Gasteiger partial charge in [0.2, 0.25) is 0 Å². The van der Waals surface area contributed by atoms with Gasteiger partial charge in [-0.2, -0.15) is 0 Å². The van der Waals surface area contributed by atoms with E-state index in [1.54, 1.807) is 0 Å². The Hall–Kier alpha value is -1.91. The quantitative estimate of drug-likeness (QED) is 0.800. The Kier molecular flexibility index (Phi) is 5.71. The van der Waals surface area contributed by atoms with Crippen molar-refractivity contribution in [2.24, 2.45) is 0 Å². The summed E-state index contributed by atoms with van der Waals surface area (Å²) < 4.78 is 0. The lowest BCUT2D eigenvalue weighted by Gasteiger charge is -2.39. The van der Waals surface area contributed by atoms with Crippen LogP contribution in [0.25, 0.3) is 0 Å². The maximum Gasteiger partial charge on any atom is 0.407 e. The molecule has 0 aromatic heterocycles. The van der Waals surface area contributed by atoms with E-state index in [0.717, 1.165) is 24.1 Å². The van der Waals surface area contributed by atoms with Gasteiger partial charge in [0.05, 0.1) is 10.0 Å². The summed E-state index contributed by atoms with van der Waals surface area (Å²) in [5.41, 5.74) is 2.21.